The number of carbonyl (C=O) groups is 1. The Morgan fingerprint density at radius 1 is 0.971 bits per heavy atom. The summed E-state index contributed by atoms with van der Waals surface area (Å²) in [6.07, 6.45) is 16.7. The molecule has 0 heterocycles. The van der Waals surface area contributed by atoms with Crippen molar-refractivity contribution in [1.82, 2.24) is 0 Å². The molecule has 0 aromatic carbocycles. The van der Waals surface area contributed by atoms with Crippen molar-refractivity contribution in [1.29, 1.82) is 0 Å². The number of allylic oxidation sites excluding steroid dienone is 1. The minimum absolute atomic E-state index is 0.00682. The van der Waals surface area contributed by atoms with Crippen LogP contribution in [0.25, 0.3) is 0 Å². The lowest BCUT2D eigenvalue weighted by Gasteiger charge is -2.62. The zero-order valence-electron chi connectivity index (χ0n) is 22.2. The van der Waals surface area contributed by atoms with Crippen LogP contribution in [0.5, 0.6) is 0 Å². The number of fused-ring (bicyclic) bond motifs is 7. The Bertz CT molecular complexity index is 853. The highest BCUT2D eigenvalue weighted by Gasteiger charge is 2.62. The molecule has 0 aromatic heterocycles. The fraction of sp³-hybridized carbons (Fsp3) is 0.903. The summed E-state index contributed by atoms with van der Waals surface area (Å²) in [5, 5.41) is 21.8. The van der Waals surface area contributed by atoms with E-state index in [0.29, 0.717) is 53.8 Å². The largest absolute Gasteiger partial charge is 0.462 e. The molecule has 6 aliphatic carbocycles. The first-order valence-electron chi connectivity index (χ1n) is 14.9. The van der Waals surface area contributed by atoms with E-state index < -0.39 is 0 Å². The Balaban J connectivity index is 1.09. The van der Waals surface area contributed by atoms with Gasteiger partial charge < -0.3 is 14.9 Å². The molecule has 13 atom stereocenters. The van der Waals surface area contributed by atoms with Crippen molar-refractivity contribution in [2.75, 3.05) is 0 Å². The fourth-order valence-electron chi connectivity index (χ4n) is 10.8. The second-order valence-electron chi connectivity index (χ2n) is 14.3. The first-order valence-corrected chi connectivity index (χ1v) is 14.9. The maximum atomic E-state index is 12.7. The number of esters is 1. The molecule has 5 fully saturated rings. The van der Waals surface area contributed by atoms with Gasteiger partial charge in [0.2, 0.25) is 0 Å². The predicted molar refractivity (Wildman–Crippen MR) is 136 cm³/mol. The summed E-state index contributed by atoms with van der Waals surface area (Å²) in [5.74, 6) is 4.34. The molecule has 0 aliphatic heterocycles. The molecule has 0 amide bonds. The van der Waals surface area contributed by atoms with Gasteiger partial charge in [-0.1, -0.05) is 32.9 Å². The van der Waals surface area contributed by atoms with Gasteiger partial charge in [0, 0.05) is 12.3 Å². The molecule has 6 rings (SSSR count). The van der Waals surface area contributed by atoms with E-state index in [0.717, 1.165) is 38.5 Å². The molecule has 0 saturated heterocycles. The van der Waals surface area contributed by atoms with E-state index in [-0.39, 0.29) is 35.1 Å². The van der Waals surface area contributed by atoms with Crippen LogP contribution in [0.4, 0.5) is 0 Å². The van der Waals surface area contributed by atoms with E-state index in [1.54, 1.807) is 0 Å². The topological polar surface area (TPSA) is 66.8 Å². The number of hydrogen-bond donors (Lipinski definition) is 2. The highest BCUT2D eigenvalue weighted by Crippen LogP contribution is 2.68. The van der Waals surface area contributed by atoms with Crippen molar-refractivity contribution in [3.8, 4) is 0 Å². The number of aliphatic hydroxyl groups excluding tert-OH is 2. The molecule has 4 heteroatoms. The van der Waals surface area contributed by atoms with Crippen LogP contribution >= 0.6 is 0 Å². The molecule has 2 N–H and O–H groups in total. The molecule has 0 spiro atoms. The number of rotatable bonds is 5. The Morgan fingerprint density at radius 3 is 2.49 bits per heavy atom. The van der Waals surface area contributed by atoms with Crippen LogP contribution in [0.2, 0.25) is 0 Å². The molecule has 0 radical (unpaired) electrons. The van der Waals surface area contributed by atoms with E-state index in [9.17, 15) is 15.0 Å². The van der Waals surface area contributed by atoms with Crippen LogP contribution in [0.15, 0.2) is 12.2 Å². The smallest absolute Gasteiger partial charge is 0.306 e. The molecule has 4 nitrogen and oxygen atoms in total. The van der Waals surface area contributed by atoms with Crippen molar-refractivity contribution >= 4 is 5.97 Å². The summed E-state index contributed by atoms with van der Waals surface area (Å²) in [5.41, 5.74) is 0.561. The van der Waals surface area contributed by atoms with Crippen LogP contribution < -0.4 is 0 Å². The molecule has 0 aromatic rings. The molecule has 35 heavy (non-hydrogen) atoms. The minimum Gasteiger partial charge on any atom is -0.462 e. The molecular formula is C31H48O4. The van der Waals surface area contributed by atoms with Crippen molar-refractivity contribution in [3.63, 3.8) is 0 Å². The fourth-order valence-corrected chi connectivity index (χ4v) is 10.8. The van der Waals surface area contributed by atoms with Gasteiger partial charge >= 0.3 is 5.97 Å². The third kappa shape index (κ3) is 3.95. The number of aliphatic hydroxyl groups is 2. The monoisotopic (exact) mass is 484 g/mol. The molecule has 5 saturated carbocycles. The summed E-state index contributed by atoms with van der Waals surface area (Å²) in [6.45, 7) is 7.38. The zero-order chi connectivity index (χ0) is 24.5. The zero-order valence-corrected chi connectivity index (χ0v) is 22.2. The van der Waals surface area contributed by atoms with Crippen molar-refractivity contribution < 1.29 is 19.7 Å². The van der Waals surface area contributed by atoms with E-state index in [1.807, 2.05) is 0 Å². The first kappa shape index (κ1) is 24.5. The van der Waals surface area contributed by atoms with Crippen molar-refractivity contribution in [2.24, 2.45) is 58.2 Å². The lowest BCUT2D eigenvalue weighted by molar-refractivity contribution is -0.174. The third-order valence-corrected chi connectivity index (χ3v) is 12.7. The molecule has 6 aliphatic rings. The van der Waals surface area contributed by atoms with E-state index in [1.165, 1.54) is 32.1 Å². The van der Waals surface area contributed by atoms with Crippen LogP contribution in [0.1, 0.15) is 97.8 Å². The number of carbonyl (C=O) groups excluding carboxylic acids is 1. The predicted octanol–water partition coefficient (Wildman–Crippen LogP) is 5.90. The van der Waals surface area contributed by atoms with Gasteiger partial charge in [0.1, 0.15) is 6.10 Å². The average Bonchev–Trinajstić information content (AvgIpc) is 3.52. The second-order valence-corrected chi connectivity index (χ2v) is 14.3. The maximum Gasteiger partial charge on any atom is 0.306 e. The Morgan fingerprint density at radius 2 is 1.74 bits per heavy atom. The number of ether oxygens (including phenoxy) is 1. The van der Waals surface area contributed by atoms with Crippen LogP contribution in [-0.4, -0.2) is 34.5 Å². The lowest BCUT2D eigenvalue weighted by Crippen LogP contribution is -2.58. The third-order valence-electron chi connectivity index (χ3n) is 12.7. The van der Waals surface area contributed by atoms with Gasteiger partial charge in [-0.15, -0.1) is 0 Å². The van der Waals surface area contributed by atoms with Crippen molar-refractivity contribution in [3.05, 3.63) is 12.2 Å². The Kier molecular flexibility index (Phi) is 6.19. The summed E-state index contributed by atoms with van der Waals surface area (Å²) in [4.78, 5) is 12.7. The summed E-state index contributed by atoms with van der Waals surface area (Å²) >= 11 is 0. The van der Waals surface area contributed by atoms with Gasteiger partial charge in [-0.2, -0.15) is 0 Å². The van der Waals surface area contributed by atoms with Gasteiger partial charge in [0.05, 0.1) is 12.2 Å². The highest BCUT2D eigenvalue weighted by molar-refractivity contribution is 5.69. The average molecular weight is 485 g/mol. The normalized spacial score (nSPS) is 53.1. The summed E-state index contributed by atoms with van der Waals surface area (Å²) in [6, 6.07) is 0. The molecule has 2 bridgehead atoms. The maximum absolute atomic E-state index is 12.7. The van der Waals surface area contributed by atoms with Gasteiger partial charge in [0.15, 0.2) is 0 Å². The van der Waals surface area contributed by atoms with Gasteiger partial charge in [0.25, 0.3) is 0 Å². The molecule has 3 unspecified atom stereocenters. The SMILES string of the molecule is C[C@H](CCC(=O)OC1CC2C=CC1C2)[C@H]1CC[C@H]2[C@@H]3[C@@H](O)C[C@@H]4C[C@H](O)CC[C@]4(C)[C@H]3CC[C@]12C. The van der Waals surface area contributed by atoms with Gasteiger partial charge in [-0.25, -0.2) is 0 Å². The number of hydrogen-bond acceptors (Lipinski definition) is 4. The van der Waals surface area contributed by atoms with Crippen LogP contribution in [0, 0.1) is 58.2 Å². The first-order chi connectivity index (χ1) is 16.7. The summed E-state index contributed by atoms with van der Waals surface area (Å²) < 4.78 is 5.90. The minimum atomic E-state index is -0.215. The summed E-state index contributed by atoms with van der Waals surface area (Å²) in [7, 11) is 0. The van der Waals surface area contributed by atoms with Gasteiger partial charge in [-0.05, 0) is 123 Å². The molecular weight excluding hydrogens is 436 g/mol. The van der Waals surface area contributed by atoms with E-state index in [4.69, 9.17) is 4.74 Å². The highest BCUT2D eigenvalue weighted by atomic mass is 16.5. The Hall–Kier alpha value is -0.870. The lowest BCUT2D eigenvalue weighted by atomic mass is 9.43. The van der Waals surface area contributed by atoms with Crippen LogP contribution in [0.3, 0.4) is 0 Å². The quantitative estimate of drug-likeness (QED) is 0.377. The van der Waals surface area contributed by atoms with Gasteiger partial charge in [-0.3, -0.25) is 4.79 Å². The second kappa shape index (κ2) is 8.86. The molecule has 196 valence electrons. The Labute approximate surface area is 212 Å². The van der Waals surface area contributed by atoms with Crippen molar-refractivity contribution in [2.45, 2.75) is 116 Å². The van der Waals surface area contributed by atoms with E-state index in [2.05, 4.69) is 32.9 Å². The van der Waals surface area contributed by atoms with Crippen LogP contribution in [-0.2, 0) is 9.53 Å². The van der Waals surface area contributed by atoms with E-state index >= 15 is 0 Å². The standard InChI is InChI=1S/C31H48O4/c1-18(4-9-28(34)35-27-15-19-5-6-20(27)14-19)23-7-8-24-29-25(11-13-31(23,24)3)30(2)12-10-22(32)16-21(30)17-26(29)33/h5-6,18-27,29,32-33H,4,7-17H2,1-3H3/t18-,19?,20?,21+,22-,23-,24+,25+,26+,27?,29+,30+,31-/m1/s1.